The van der Waals surface area contributed by atoms with Crippen molar-refractivity contribution in [3.63, 3.8) is 0 Å². The van der Waals surface area contributed by atoms with Crippen LogP contribution in [0.2, 0.25) is 0 Å². The van der Waals surface area contributed by atoms with Gasteiger partial charge in [-0.1, -0.05) is 18.2 Å². The van der Waals surface area contributed by atoms with Gasteiger partial charge >= 0.3 is 0 Å². The van der Waals surface area contributed by atoms with E-state index in [1.807, 2.05) is 0 Å². The van der Waals surface area contributed by atoms with Crippen LogP contribution in [0.25, 0.3) is 0 Å². The van der Waals surface area contributed by atoms with Crippen molar-refractivity contribution in [3.8, 4) is 0 Å². The van der Waals surface area contributed by atoms with E-state index in [1.54, 1.807) is 18.2 Å². The van der Waals surface area contributed by atoms with Gasteiger partial charge in [0.1, 0.15) is 6.29 Å². The zero-order valence-corrected chi connectivity index (χ0v) is 4.90. The normalized spacial score (nSPS) is 12.0. The number of aliphatic hydroxyl groups excluding tert-OH is 1. The quantitative estimate of drug-likeness (QED) is 0.267. The van der Waals surface area contributed by atoms with Crippen molar-refractivity contribution < 1.29 is 9.90 Å². The molecule has 9 heavy (non-hydrogen) atoms. The Bertz CT molecular complexity index is 143. The lowest BCUT2D eigenvalue weighted by atomic mass is 10.4. The van der Waals surface area contributed by atoms with Crippen molar-refractivity contribution in [1.29, 1.82) is 0 Å². The first-order valence-corrected chi connectivity index (χ1v) is 2.49. The van der Waals surface area contributed by atoms with Crippen LogP contribution in [0.5, 0.6) is 0 Å². The van der Waals surface area contributed by atoms with Crippen LogP contribution < -0.4 is 0 Å². The highest BCUT2D eigenvalue weighted by Gasteiger charge is 1.60. The van der Waals surface area contributed by atoms with E-state index in [0.717, 1.165) is 6.26 Å². The van der Waals surface area contributed by atoms with Gasteiger partial charge in [-0.2, -0.15) is 0 Å². The highest BCUT2D eigenvalue weighted by molar-refractivity contribution is 5.65. The molecule has 0 radical (unpaired) electrons. The Hall–Kier alpha value is -1.31. The molecule has 0 rings (SSSR count). The zero-order chi connectivity index (χ0) is 6.95. The largest absolute Gasteiger partial charge is 0.516 e. The Labute approximate surface area is 53.8 Å². The molecule has 0 atom stereocenters. The Morgan fingerprint density at radius 2 is 1.44 bits per heavy atom. The fourth-order valence-electron chi connectivity index (χ4n) is 0.288. The lowest BCUT2D eigenvalue weighted by Crippen LogP contribution is -1.55. The van der Waals surface area contributed by atoms with Crippen LogP contribution in [0.4, 0.5) is 0 Å². The summed E-state index contributed by atoms with van der Waals surface area (Å²) in [7, 11) is 0. The smallest absolute Gasteiger partial charge is 0.142 e. The second kappa shape index (κ2) is 6.69. The van der Waals surface area contributed by atoms with Crippen molar-refractivity contribution in [2.45, 2.75) is 0 Å². The first-order valence-electron chi connectivity index (χ1n) is 2.49. The van der Waals surface area contributed by atoms with Crippen LogP contribution in [0.1, 0.15) is 0 Å². The van der Waals surface area contributed by atoms with E-state index in [2.05, 4.69) is 0 Å². The molecule has 0 saturated carbocycles. The van der Waals surface area contributed by atoms with E-state index >= 15 is 0 Å². The molecule has 0 amide bonds. The summed E-state index contributed by atoms with van der Waals surface area (Å²) in [5, 5.41) is 8.10. The van der Waals surface area contributed by atoms with Crippen LogP contribution in [0.15, 0.2) is 36.6 Å². The maximum Gasteiger partial charge on any atom is 0.142 e. The number of carbonyl (C=O) groups excluding carboxylic acids is 1. The summed E-state index contributed by atoms with van der Waals surface area (Å²) in [5.41, 5.74) is 0. The Kier molecular flexibility index (Phi) is 5.72. The lowest BCUT2D eigenvalue weighted by molar-refractivity contribution is -0.104. The van der Waals surface area contributed by atoms with Gasteiger partial charge < -0.3 is 5.11 Å². The fraction of sp³-hybridized carbons (Fsp3) is 0. The second-order valence-corrected chi connectivity index (χ2v) is 1.25. The van der Waals surface area contributed by atoms with E-state index in [-0.39, 0.29) is 0 Å². The molecular formula is C7H8O2. The van der Waals surface area contributed by atoms with Crippen molar-refractivity contribution >= 4 is 6.29 Å². The van der Waals surface area contributed by atoms with Crippen molar-refractivity contribution in [2.24, 2.45) is 0 Å². The molecule has 0 aliphatic carbocycles. The third-order valence-corrected chi connectivity index (χ3v) is 0.609. The number of aldehydes is 1. The van der Waals surface area contributed by atoms with E-state index in [9.17, 15) is 4.79 Å². The van der Waals surface area contributed by atoms with Gasteiger partial charge in [0.15, 0.2) is 0 Å². The fourth-order valence-corrected chi connectivity index (χ4v) is 0.288. The van der Waals surface area contributed by atoms with Gasteiger partial charge in [0.05, 0.1) is 6.26 Å². The number of allylic oxidation sites excluding steroid dienone is 5. The zero-order valence-electron chi connectivity index (χ0n) is 4.90. The Morgan fingerprint density at radius 1 is 0.889 bits per heavy atom. The maximum absolute atomic E-state index is 9.65. The third-order valence-electron chi connectivity index (χ3n) is 0.609. The van der Waals surface area contributed by atoms with Crippen LogP contribution in [-0.2, 0) is 4.79 Å². The van der Waals surface area contributed by atoms with Crippen LogP contribution in [0.3, 0.4) is 0 Å². The maximum atomic E-state index is 9.65. The molecule has 0 heterocycles. The van der Waals surface area contributed by atoms with Gasteiger partial charge in [-0.15, -0.1) is 0 Å². The monoisotopic (exact) mass is 124 g/mol. The number of rotatable bonds is 3. The summed E-state index contributed by atoms with van der Waals surface area (Å²) in [4.78, 5) is 9.65. The van der Waals surface area contributed by atoms with Crippen LogP contribution in [0, 0.1) is 0 Å². The second-order valence-electron chi connectivity index (χ2n) is 1.25. The minimum absolute atomic E-state index is 0.688. The summed E-state index contributed by atoms with van der Waals surface area (Å²) < 4.78 is 0. The van der Waals surface area contributed by atoms with Gasteiger partial charge in [-0.3, -0.25) is 4.79 Å². The van der Waals surface area contributed by atoms with Gasteiger partial charge in [0, 0.05) is 0 Å². The van der Waals surface area contributed by atoms with E-state index in [0.29, 0.717) is 6.29 Å². The molecule has 0 aromatic carbocycles. The molecule has 0 unspecified atom stereocenters. The first kappa shape index (κ1) is 7.69. The topological polar surface area (TPSA) is 37.3 Å². The van der Waals surface area contributed by atoms with E-state index < -0.39 is 0 Å². The van der Waals surface area contributed by atoms with Gasteiger partial charge in [0.25, 0.3) is 0 Å². The molecule has 48 valence electrons. The van der Waals surface area contributed by atoms with Gasteiger partial charge in [-0.25, -0.2) is 0 Å². The molecule has 0 aliphatic rings. The average molecular weight is 124 g/mol. The number of aliphatic hydroxyl groups is 1. The first-order chi connectivity index (χ1) is 4.41. The minimum Gasteiger partial charge on any atom is -0.516 e. The predicted molar refractivity (Wildman–Crippen MR) is 36.1 cm³/mol. The van der Waals surface area contributed by atoms with Gasteiger partial charge in [-0.05, 0) is 12.2 Å². The van der Waals surface area contributed by atoms with Crippen LogP contribution in [-0.4, -0.2) is 11.4 Å². The summed E-state index contributed by atoms with van der Waals surface area (Å²) in [6, 6.07) is 0. The number of hydrogen-bond acceptors (Lipinski definition) is 2. The van der Waals surface area contributed by atoms with E-state index in [4.69, 9.17) is 5.11 Å². The Balaban J connectivity index is 3.46. The van der Waals surface area contributed by atoms with E-state index in [1.165, 1.54) is 12.2 Å². The molecule has 0 bridgehead atoms. The molecule has 0 saturated heterocycles. The number of carbonyl (C=O) groups is 1. The molecule has 0 aliphatic heterocycles. The summed E-state index contributed by atoms with van der Waals surface area (Å²) in [6.07, 6.45) is 9.25. The summed E-state index contributed by atoms with van der Waals surface area (Å²) in [6.45, 7) is 0. The average Bonchev–Trinajstić information content (AvgIpc) is 1.89. The molecule has 0 aromatic rings. The summed E-state index contributed by atoms with van der Waals surface area (Å²) >= 11 is 0. The Morgan fingerprint density at radius 3 is 2.00 bits per heavy atom. The molecule has 2 nitrogen and oxygen atoms in total. The van der Waals surface area contributed by atoms with Crippen molar-refractivity contribution in [1.82, 2.24) is 0 Å². The number of hydrogen-bond donors (Lipinski definition) is 1. The van der Waals surface area contributed by atoms with Crippen molar-refractivity contribution in [3.05, 3.63) is 36.6 Å². The van der Waals surface area contributed by atoms with Gasteiger partial charge in [0.2, 0.25) is 0 Å². The van der Waals surface area contributed by atoms with Crippen LogP contribution >= 0.6 is 0 Å². The summed E-state index contributed by atoms with van der Waals surface area (Å²) in [5.74, 6) is 0. The molecule has 1 N–H and O–H groups in total. The highest BCUT2D eigenvalue weighted by atomic mass is 16.2. The molecule has 0 spiro atoms. The standard InChI is InChI=1S/C7H8O2/c8-6-4-2-1-3-5-7-9/h1-8H/b2-1?,5-3?,6-4-. The highest BCUT2D eigenvalue weighted by Crippen LogP contribution is 1.75. The minimum atomic E-state index is 0.688. The molecule has 2 heteroatoms. The third kappa shape index (κ3) is 6.69. The molecule has 0 fully saturated rings. The van der Waals surface area contributed by atoms with Crippen molar-refractivity contribution in [2.75, 3.05) is 0 Å². The predicted octanol–water partition coefficient (Wildman–Crippen LogP) is 1.37. The lowest BCUT2D eigenvalue weighted by Gasteiger charge is -1.68. The molecular weight excluding hydrogens is 116 g/mol. The SMILES string of the molecule is O=CC=CC=C/C=C\O. The molecule has 0 aromatic heterocycles.